The highest BCUT2D eigenvalue weighted by Gasteiger charge is 2.08. The average Bonchev–Trinajstić information content (AvgIpc) is 2.26. The molecular formula is C14H23NO. The van der Waals surface area contributed by atoms with Gasteiger partial charge in [-0.1, -0.05) is 36.8 Å². The molecule has 0 aliphatic carbocycles. The van der Waals surface area contributed by atoms with Crippen molar-refractivity contribution in [3.63, 3.8) is 0 Å². The molecule has 1 aromatic rings. The largest absolute Gasteiger partial charge is 0.396 e. The molecule has 1 rings (SSSR count). The van der Waals surface area contributed by atoms with E-state index in [0.29, 0.717) is 5.92 Å². The minimum atomic E-state index is 0.286. The monoisotopic (exact) mass is 221 g/mol. The number of aliphatic hydroxyl groups is 1. The van der Waals surface area contributed by atoms with Crippen molar-refractivity contribution in [3.8, 4) is 0 Å². The van der Waals surface area contributed by atoms with Gasteiger partial charge in [0.2, 0.25) is 0 Å². The van der Waals surface area contributed by atoms with E-state index in [1.165, 1.54) is 11.1 Å². The van der Waals surface area contributed by atoms with E-state index in [-0.39, 0.29) is 6.61 Å². The average molecular weight is 221 g/mol. The fourth-order valence-corrected chi connectivity index (χ4v) is 1.94. The van der Waals surface area contributed by atoms with Gasteiger partial charge >= 0.3 is 0 Å². The Morgan fingerprint density at radius 2 is 2.12 bits per heavy atom. The van der Waals surface area contributed by atoms with Crippen LogP contribution in [0.15, 0.2) is 24.3 Å². The highest BCUT2D eigenvalue weighted by Crippen LogP contribution is 2.09. The fourth-order valence-electron chi connectivity index (χ4n) is 1.94. The molecule has 0 fully saturated rings. The number of aryl methyl sites for hydroxylation is 1. The third-order valence-corrected chi connectivity index (χ3v) is 2.94. The van der Waals surface area contributed by atoms with Crippen LogP contribution >= 0.6 is 0 Å². The smallest absolute Gasteiger partial charge is 0.0471 e. The summed E-state index contributed by atoms with van der Waals surface area (Å²) in [5, 5.41) is 9.16. The molecule has 0 aromatic heterocycles. The van der Waals surface area contributed by atoms with E-state index in [0.717, 1.165) is 19.5 Å². The van der Waals surface area contributed by atoms with Gasteiger partial charge in [0.15, 0.2) is 0 Å². The van der Waals surface area contributed by atoms with Crippen molar-refractivity contribution in [2.45, 2.75) is 26.8 Å². The Labute approximate surface area is 98.9 Å². The fraction of sp³-hybridized carbons (Fsp3) is 0.571. The first-order valence-electron chi connectivity index (χ1n) is 6.00. The predicted octanol–water partition coefficient (Wildman–Crippen LogP) is 2.45. The molecule has 1 N–H and O–H groups in total. The summed E-state index contributed by atoms with van der Waals surface area (Å²) in [5.74, 6) is 0.398. The highest BCUT2D eigenvalue weighted by atomic mass is 16.3. The van der Waals surface area contributed by atoms with Crippen LogP contribution in [0.2, 0.25) is 0 Å². The third kappa shape index (κ3) is 4.33. The van der Waals surface area contributed by atoms with Crippen molar-refractivity contribution in [3.05, 3.63) is 35.4 Å². The molecule has 1 aromatic carbocycles. The molecule has 1 atom stereocenters. The summed E-state index contributed by atoms with van der Waals surface area (Å²) in [6, 6.07) is 8.59. The predicted molar refractivity (Wildman–Crippen MR) is 68.4 cm³/mol. The number of benzene rings is 1. The molecule has 0 aliphatic heterocycles. The Hall–Kier alpha value is -0.860. The van der Waals surface area contributed by atoms with Gasteiger partial charge in [-0.25, -0.2) is 0 Å². The van der Waals surface area contributed by atoms with Gasteiger partial charge in [0.1, 0.15) is 0 Å². The van der Waals surface area contributed by atoms with Gasteiger partial charge in [-0.2, -0.15) is 0 Å². The third-order valence-electron chi connectivity index (χ3n) is 2.94. The van der Waals surface area contributed by atoms with E-state index in [9.17, 15) is 0 Å². The van der Waals surface area contributed by atoms with Crippen LogP contribution in [0.25, 0.3) is 0 Å². The summed E-state index contributed by atoms with van der Waals surface area (Å²) >= 11 is 0. The topological polar surface area (TPSA) is 23.5 Å². The number of hydrogen-bond acceptors (Lipinski definition) is 2. The summed E-state index contributed by atoms with van der Waals surface area (Å²) in [6.45, 7) is 6.45. The molecule has 0 radical (unpaired) electrons. The van der Waals surface area contributed by atoms with Gasteiger partial charge in [-0.15, -0.1) is 0 Å². The van der Waals surface area contributed by atoms with Gasteiger partial charge in [0.25, 0.3) is 0 Å². The van der Waals surface area contributed by atoms with Crippen molar-refractivity contribution < 1.29 is 5.11 Å². The maximum Gasteiger partial charge on any atom is 0.0471 e. The Morgan fingerprint density at radius 1 is 1.38 bits per heavy atom. The van der Waals surface area contributed by atoms with Crippen molar-refractivity contribution in [1.29, 1.82) is 0 Å². The minimum Gasteiger partial charge on any atom is -0.396 e. The molecule has 0 amide bonds. The lowest BCUT2D eigenvalue weighted by Gasteiger charge is -2.21. The molecule has 0 bridgehead atoms. The van der Waals surface area contributed by atoms with Crippen molar-refractivity contribution in [2.75, 3.05) is 20.2 Å². The molecule has 0 spiro atoms. The summed E-state index contributed by atoms with van der Waals surface area (Å²) < 4.78 is 0. The maximum atomic E-state index is 9.16. The van der Waals surface area contributed by atoms with Gasteiger partial charge < -0.3 is 10.0 Å². The van der Waals surface area contributed by atoms with Crippen LogP contribution in [0.5, 0.6) is 0 Å². The van der Waals surface area contributed by atoms with E-state index >= 15 is 0 Å². The highest BCUT2D eigenvalue weighted by molar-refractivity contribution is 5.21. The molecule has 0 saturated carbocycles. The van der Waals surface area contributed by atoms with Crippen LogP contribution in [0.1, 0.15) is 24.5 Å². The molecule has 90 valence electrons. The quantitative estimate of drug-likeness (QED) is 0.797. The van der Waals surface area contributed by atoms with Crippen LogP contribution in [-0.4, -0.2) is 30.2 Å². The minimum absolute atomic E-state index is 0.286. The summed E-state index contributed by atoms with van der Waals surface area (Å²) in [5.41, 5.74) is 2.65. The molecule has 2 nitrogen and oxygen atoms in total. The summed E-state index contributed by atoms with van der Waals surface area (Å²) in [6.07, 6.45) is 1.04. The first kappa shape index (κ1) is 13.2. The van der Waals surface area contributed by atoms with Crippen molar-refractivity contribution in [1.82, 2.24) is 4.90 Å². The number of aliphatic hydroxyl groups excluding tert-OH is 1. The first-order chi connectivity index (χ1) is 7.65. The standard InChI is InChI=1S/C14H23NO/c1-4-13(11-16)9-15(3)10-14-7-5-6-12(2)8-14/h5-8,13,16H,4,9-11H2,1-3H3. The van der Waals surface area contributed by atoms with E-state index in [2.05, 4.69) is 50.1 Å². The second-order valence-corrected chi connectivity index (χ2v) is 4.64. The van der Waals surface area contributed by atoms with Gasteiger partial charge in [0, 0.05) is 19.7 Å². The molecule has 0 heterocycles. The molecule has 0 aliphatic rings. The summed E-state index contributed by atoms with van der Waals surface area (Å²) in [7, 11) is 2.11. The van der Waals surface area contributed by atoms with Crippen LogP contribution < -0.4 is 0 Å². The molecule has 16 heavy (non-hydrogen) atoms. The van der Waals surface area contributed by atoms with Crippen LogP contribution in [-0.2, 0) is 6.54 Å². The Balaban J connectivity index is 2.47. The lowest BCUT2D eigenvalue weighted by molar-refractivity contribution is 0.173. The Kier molecular flexibility index (Phi) is 5.50. The molecule has 0 saturated heterocycles. The number of rotatable bonds is 6. The van der Waals surface area contributed by atoms with Crippen LogP contribution in [0.3, 0.4) is 0 Å². The van der Waals surface area contributed by atoms with E-state index in [1.54, 1.807) is 0 Å². The number of nitrogens with zero attached hydrogens (tertiary/aromatic N) is 1. The molecule has 2 heteroatoms. The summed E-state index contributed by atoms with van der Waals surface area (Å²) in [4.78, 5) is 2.28. The van der Waals surface area contributed by atoms with Gasteiger partial charge in [-0.05, 0) is 31.9 Å². The van der Waals surface area contributed by atoms with E-state index < -0.39 is 0 Å². The van der Waals surface area contributed by atoms with E-state index in [1.807, 2.05) is 0 Å². The van der Waals surface area contributed by atoms with E-state index in [4.69, 9.17) is 5.11 Å². The lowest BCUT2D eigenvalue weighted by Crippen LogP contribution is -2.27. The van der Waals surface area contributed by atoms with Gasteiger partial charge in [0.05, 0.1) is 0 Å². The SMILES string of the molecule is CCC(CO)CN(C)Cc1cccc(C)c1. The zero-order valence-electron chi connectivity index (χ0n) is 10.6. The zero-order chi connectivity index (χ0) is 12.0. The van der Waals surface area contributed by atoms with Crippen LogP contribution in [0.4, 0.5) is 0 Å². The number of hydrogen-bond donors (Lipinski definition) is 1. The van der Waals surface area contributed by atoms with Gasteiger partial charge in [-0.3, -0.25) is 0 Å². The molecule has 1 unspecified atom stereocenters. The normalized spacial score (nSPS) is 13.1. The first-order valence-corrected chi connectivity index (χ1v) is 6.00. The Morgan fingerprint density at radius 3 is 2.69 bits per heavy atom. The van der Waals surface area contributed by atoms with Crippen molar-refractivity contribution >= 4 is 0 Å². The molecular weight excluding hydrogens is 198 g/mol. The zero-order valence-corrected chi connectivity index (χ0v) is 10.6. The second-order valence-electron chi connectivity index (χ2n) is 4.64. The maximum absolute atomic E-state index is 9.16. The second kappa shape index (κ2) is 6.66. The van der Waals surface area contributed by atoms with Crippen LogP contribution in [0, 0.1) is 12.8 Å². The van der Waals surface area contributed by atoms with Crippen molar-refractivity contribution in [2.24, 2.45) is 5.92 Å². The Bertz CT molecular complexity index is 307. The lowest BCUT2D eigenvalue weighted by atomic mass is 10.1.